The van der Waals surface area contributed by atoms with E-state index >= 15 is 0 Å². The second-order valence-electron chi connectivity index (χ2n) is 4.06. The molecule has 1 aliphatic rings. The second kappa shape index (κ2) is 3.04. The van der Waals surface area contributed by atoms with Crippen molar-refractivity contribution in [3.63, 3.8) is 0 Å². The van der Waals surface area contributed by atoms with Crippen molar-refractivity contribution in [1.29, 1.82) is 0 Å². The fraction of sp³-hybridized carbons (Fsp3) is 0.500. The maximum absolute atomic E-state index is 10.5. The van der Waals surface area contributed by atoms with Crippen molar-refractivity contribution in [2.24, 2.45) is 5.18 Å². The Kier molecular flexibility index (Phi) is 1.98. The van der Waals surface area contributed by atoms with Crippen LogP contribution in [0, 0.1) is 4.91 Å². The number of fused-ring (bicyclic) bond motifs is 1. The van der Waals surface area contributed by atoms with Crippen molar-refractivity contribution in [2.45, 2.75) is 32.3 Å². The molecular formula is C10H12N2O2. The van der Waals surface area contributed by atoms with Crippen LogP contribution in [-0.4, -0.2) is 10.6 Å². The van der Waals surface area contributed by atoms with Crippen molar-refractivity contribution in [1.82, 2.24) is 4.98 Å². The van der Waals surface area contributed by atoms with Crippen LogP contribution in [0.15, 0.2) is 17.4 Å². The molecule has 74 valence electrons. The number of rotatable bonds is 1. The number of ether oxygens (including phenoxy) is 1. The highest BCUT2D eigenvalue weighted by Crippen LogP contribution is 2.38. The lowest BCUT2D eigenvalue weighted by Crippen LogP contribution is -2.32. The van der Waals surface area contributed by atoms with Crippen molar-refractivity contribution < 1.29 is 4.74 Å². The van der Waals surface area contributed by atoms with E-state index < -0.39 is 0 Å². The van der Waals surface area contributed by atoms with E-state index in [-0.39, 0.29) is 5.60 Å². The van der Waals surface area contributed by atoms with E-state index in [0.29, 0.717) is 11.4 Å². The predicted octanol–water partition coefficient (Wildman–Crippen LogP) is 2.58. The van der Waals surface area contributed by atoms with E-state index in [1.54, 1.807) is 12.3 Å². The smallest absolute Gasteiger partial charge is 0.170 e. The lowest BCUT2D eigenvalue weighted by atomic mass is 9.97. The van der Waals surface area contributed by atoms with E-state index in [4.69, 9.17) is 4.74 Å². The molecule has 0 aliphatic carbocycles. The predicted molar refractivity (Wildman–Crippen MR) is 52.7 cm³/mol. The molecule has 1 aromatic heterocycles. The molecule has 1 aromatic rings. The molecule has 0 bridgehead atoms. The number of aromatic nitrogens is 1. The van der Waals surface area contributed by atoms with Crippen LogP contribution in [0.25, 0.3) is 0 Å². The zero-order valence-corrected chi connectivity index (χ0v) is 8.28. The van der Waals surface area contributed by atoms with Crippen LogP contribution < -0.4 is 4.74 Å². The number of nitrogens with zero attached hydrogens (tertiary/aromatic N) is 2. The summed E-state index contributed by atoms with van der Waals surface area (Å²) in [7, 11) is 0. The summed E-state index contributed by atoms with van der Waals surface area (Å²) in [6.07, 6.45) is 3.35. The van der Waals surface area contributed by atoms with Gasteiger partial charge in [-0.25, -0.2) is 0 Å². The van der Waals surface area contributed by atoms with Crippen molar-refractivity contribution in [3.8, 4) is 5.75 Å². The van der Waals surface area contributed by atoms with Gasteiger partial charge in [0.1, 0.15) is 5.60 Å². The summed E-state index contributed by atoms with van der Waals surface area (Å²) >= 11 is 0. The summed E-state index contributed by atoms with van der Waals surface area (Å²) < 4.78 is 5.69. The summed E-state index contributed by atoms with van der Waals surface area (Å²) in [6, 6.07) is 1.58. The van der Waals surface area contributed by atoms with Crippen molar-refractivity contribution in [3.05, 3.63) is 22.9 Å². The van der Waals surface area contributed by atoms with E-state index in [9.17, 15) is 4.91 Å². The maximum atomic E-state index is 10.5. The van der Waals surface area contributed by atoms with Crippen LogP contribution in [0.4, 0.5) is 5.69 Å². The Labute approximate surface area is 82.3 Å². The van der Waals surface area contributed by atoms with E-state index in [1.807, 2.05) is 13.8 Å². The molecule has 2 rings (SSSR count). The molecule has 0 N–H and O–H groups in total. The van der Waals surface area contributed by atoms with Crippen LogP contribution in [-0.2, 0) is 6.42 Å². The number of aryl methyl sites for hydroxylation is 1. The zero-order valence-electron chi connectivity index (χ0n) is 8.28. The summed E-state index contributed by atoms with van der Waals surface area (Å²) in [4.78, 5) is 14.7. The van der Waals surface area contributed by atoms with Gasteiger partial charge in [-0.2, -0.15) is 0 Å². The molecular weight excluding hydrogens is 180 g/mol. The summed E-state index contributed by atoms with van der Waals surface area (Å²) in [5, 5.41) is 2.93. The first-order valence-electron chi connectivity index (χ1n) is 4.63. The average Bonchev–Trinajstić information content (AvgIpc) is 2.15. The highest BCUT2D eigenvalue weighted by atomic mass is 16.5. The van der Waals surface area contributed by atoms with Gasteiger partial charge in [0.2, 0.25) is 0 Å². The van der Waals surface area contributed by atoms with Gasteiger partial charge in [0.25, 0.3) is 0 Å². The minimum atomic E-state index is -0.227. The molecule has 0 atom stereocenters. The van der Waals surface area contributed by atoms with E-state index in [0.717, 1.165) is 18.5 Å². The van der Waals surface area contributed by atoms with Crippen LogP contribution in [0.3, 0.4) is 0 Å². The Morgan fingerprint density at radius 1 is 1.57 bits per heavy atom. The van der Waals surface area contributed by atoms with Crippen LogP contribution in [0.1, 0.15) is 26.0 Å². The van der Waals surface area contributed by atoms with Gasteiger partial charge in [-0.15, -0.1) is 4.91 Å². The molecule has 0 saturated heterocycles. The van der Waals surface area contributed by atoms with Gasteiger partial charge in [-0.05, 0) is 37.9 Å². The average molecular weight is 192 g/mol. The Balaban J connectivity index is 2.48. The van der Waals surface area contributed by atoms with Gasteiger partial charge in [0.05, 0.1) is 5.69 Å². The first-order valence-corrected chi connectivity index (χ1v) is 4.63. The Morgan fingerprint density at radius 2 is 2.36 bits per heavy atom. The molecule has 1 aliphatic heterocycles. The highest BCUT2D eigenvalue weighted by molar-refractivity contribution is 5.54. The summed E-state index contributed by atoms with van der Waals surface area (Å²) in [5.74, 6) is 0.554. The first kappa shape index (κ1) is 9.12. The molecule has 0 fully saturated rings. The zero-order chi connectivity index (χ0) is 10.2. The quantitative estimate of drug-likeness (QED) is 0.642. The van der Waals surface area contributed by atoms with Crippen molar-refractivity contribution in [2.75, 3.05) is 0 Å². The lowest BCUT2D eigenvalue weighted by molar-refractivity contribution is 0.0838. The van der Waals surface area contributed by atoms with Crippen molar-refractivity contribution >= 4 is 5.69 Å². The largest absolute Gasteiger partial charge is 0.484 e. The fourth-order valence-corrected chi connectivity index (χ4v) is 1.59. The van der Waals surface area contributed by atoms with E-state index in [2.05, 4.69) is 10.2 Å². The normalized spacial score (nSPS) is 18.1. The fourth-order valence-electron chi connectivity index (χ4n) is 1.59. The van der Waals surface area contributed by atoms with Gasteiger partial charge in [0.15, 0.2) is 11.4 Å². The molecule has 0 radical (unpaired) electrons. The molecule has 14 heavy (non-hydrogen) atoms. The molecule has 0 spiro atoms. The van der Waals surface area contributed by atoms with Crippen LogP contribution in [0.5, 0.6) is 5.75 Å². The SMILES string of the molecule is CC1(C)CCc2nccc(N=O)c2O1. The van der Waals surface area contributed by atoms with Crippen LogP contribution >= 0.6 is 0 Å². The Bertz CT molecular complexity index is 374. The third-order valence-electron chi connectivity index (χ3n) is 2.40. The third-order valence-corrected chi connectivity index (χ3v) is 2.40. The van der Waals surface area contributed by atoms with Gasteiger partial charge >= 0.3 is 0 Å². The van der Waals surface area contributed by atoms with E-state index in [1.165, 1.54) is 0 Å². The molecule has 4 nitrogen and oxygen atoms in total. The molecule has 0 unspecified atom stereocenters. The molecule has 2 heterocycles. The highest BCUT2D eigenvalue weighted by Gasteiger charge is 2.29. The first-order chi connectivity index (χ1) is 6.62. The number of hydrogen-bond acceptors (Lipinski definition) is 4. The topological polar surface area (TPSA) is 51.5 Å². The standard InChI is InChI=1S/C10H12N2O2/c1-10(2)5-3-7-9(14-10)8(12-13)4-6-11-7/h4,6H,3,5H2,1-2H3. The number of nitroso groups, excluding NO2 is 1. The summed E-state index contributed by atoms with van der Waals surface area (Å²) in [5.41, 5.74) is 0.958. The second-order valence-corrected chi connectivity index (χ2v) is 4.06. The van der Waals surface area contributed by atoms with Gasteiger partial charge in [-0.3, -0.25) is 4.98 Å². The van der Waals surface area contributed by atoms with Gasteiger partial charge < -0.3 is 4.74 Å². The molecule has 0 aromatic carbocycles. The number of hydrogen-bond donors (Lipinski definition) is 0. The number of pyridine rings is 1. The lowest BCUT2D eigenvalue weighted by Gasteiger charge is -2.31. The molecule has 4 heteroatoms. The summed E-state index contributed by atoms with van der Waals surface area (Å²) in [6.45, 7) is 4.00. The monoisotopic (exact) mass is 192 g/mol. The van der Waals surface area contributed by atoms with Gasteiger partial charge in [0, 0.05) is 6.20 Å². The minimum absolute atomic E-state index is 0.227. The van der Waals surface area contributed by atoms with Gasteiger partial charge in [-0.1, -0.05) is 0 Å². The minimum Gasteiger partial charge on any atom is -0.484 e. The Hall–Kier alpha value is -1.45. The third kappa shape index (κ3) is 1.47. The van der Waals surface area contributed by atoms with Crippen LogP contribution in [0.2, 0.25) is 0 Å². The maximum Gasteiger partial charge on any atom is 0.170 e. The molecule has 0 amide bonds. The molecule has 0 saturated carbocycles. The Morgan fingerprint density at radius 3 is 3.07 bits per heavy atom.